The predicted octanol–water partition coefficient (Wildman–Crippen LogP) is 3.23. The number of aromatic nitrogens is 1. The van der Waals surface area contributed by atoms with Crippen molar-refractivity contribution in [3.63, 3.8) is 0 Å². The Morgan fingerprint density at radius 1 is 1.33 bits per heavy atom. The Hall–Kier alpha value is -1.74. The van der Waals surface area contributed by atoms with Crippen molar-refractivity contribution in [1.82, 2.24) is 4.98 Å². The predicted molar refractivity (Wildman–Crippen MR) is 71.8 cm³/mol. The van der Waals surface area contributed by atoms with Crippen molar-refractivity contribution in [3.05, 3.63) is 42.2 Å². The van der Waals surface area contributed by atoms with Crippen LogP contribution in [0.25, 0.3) is 10.8 Å². The number of ether oxygens (including phenoxy) is 1. The number of nitrogens with zero attached hydrogens (tertiary/aromatic N) is 1. The second-order valence-electron chi connectivity index (χ2n) is 4.29. The smallest absolute Gasteiger partial charge is 0.193 e. The van der Waals surface area contributed by atoms with Crippen LogP contribution in [-0.4, -0.2) is 24.0 Å². The van der Waals surface area contributed by atoms with Crippen LogP contribution >= 0.6 is 0 Å². The van der Waals surface area contributed by atoms with Crippen molar-refractivity contribution in [2.45, 2.75) is 25.9 Å². The number of Topliss-reactive ketones (excluding diaryl/α,β-unsaturated/α-hetero) is 1. The zero-order chi connectivity index (χ0) is 13.0. The molecule has 0 spiro atoms. The zero-order valence-electron chi connectivity index (χ0n) is 10.7. The average molecular weight is 243 g/mol. The van der Waals surface area contributed by atoms with Gasteiger partial charge < -0.3 is 4.74 Å². The van der Waals surface area contributed by atoms with E-state index in [1.54, 1.807) is 19.5 Å². The maximum absolute atomic E-state index is 12.4. The summed E-state index contributed by atoms with van der Waals surface area (Å²) in [7, 11) is 1.58. The molecule has 0 bridgehead atoms. The number of rotatable bonds is 5. The molecule has 0 radical (unpaired) electrons. The van der Waals surface area contributed by atoms with Crippen LogP contribution in [0.4, 0.5) is 0 Å². The van der Waals surface area contributed by atoms with E-state index in [9.17, 15) is 4.79 Å². The molecule has 0 amide bonds. The Kier molecular flexibility index (Phi) is 4.05. The van der Waals surface area contributed by atoms with Crippen molar-refractivity contribution in [1.29, 1.82) is 0 Å². The number of hydrogen-bond donors (Lipinski definition) is 0. The van der Waals surface area contributed by atoms with Gasteiger partial charge in [0.25, 0.3) is 0 Å². The van der Waals surface area contributed by atoms with E-state index in [4.69, 9.17) is 4.74 Å². The summed E-state index contributed by atoms with van der Waals surface area (Å²) in [6.07, 6.45) is 4.68. The molecule has 0 aliphatic rings. The molecule has 3 nitrogen and oxygen atoms in total. The summed E-state index contributed by atoms with van der Waals surface area (Å²) in [6, 6.07) is 7.78. The molecule has 94 valence electrons. The molecule has 1 atom stereocenters. The minimum atomic E-state index is -0.373. The molecule has 1 unspecified atom stereocenters. The number of hydrogen-bond acceptors (Lipinski definition) is 3. The molecule has 0 fully saturated rings. The van der Waals surface area contributed by atoms with Crippen LogP contribution < -0.4 is 0 Å². The maximum atomic E-state index is 12.4. The lowest BCUT2D eigenvalue weighted by molar-refractivity contribution is 0.0580. The van der Waals surface area contributed by atoms with E-state index in [0.29, 0.717) is 5.56 Å². The van der Waals surface area contributed by atoms with Crippen LogP contribution in [0, 0.1) is 0 Å². The van der Waals surface area contributed by atoms with Crippen LogP contribution in [0.1, 0.15) is 30.1 Å². The molecule has 1 heterocycles. The molecule has 0 aliphatic carbocycles. The van der Waals surface area contributed by atoms with Gasteiger partial charge in [0.1, 0.15) is 6.10 Å². The first-order valence-electron chi connectivity index (χ1n) is 6.17. The average Bonchev–Trinajstić information content (AvgIpc) is 2.43. The fourth-order valence-corrected chi connectivity index (χ4v) is 2.10. The van der Waals surface area contributed by atoms with E-state index in [-0.39, 0.29) is 11.9 Å². The molecule has 1 aromatic carbocycles. The first-order valence-corrected chi connectivity index (χ1v) is 6.17. The third-order valence-corrected chi connectivity index (χ3v) is 3.06. The molecular formula is C15H17NO2. The SMILES string of the molecule is CCCC(OC)C(=O)c1cncc2ccccc12. The molecular weight excluding hydrogens is 226 g/mol. The summed E-state index contributed by atoms with van der Waals surface area (Å²) in [5.41, 5.74) is 0.647. The summed E-state index contributed by atoms with van der Waals surface area (Å²) in [4.78, 5) is 16.5. The standard InChI is InChI=1S/C15H17NO2/c1-3-6-14(18-2)15(17)13-10-16-9-11-7-4-5-8-12(11)13/h4-5,7-10,14H,3,6H2,1-2H3. The van der Waals surface area contributed by atoms with Crippen molar-refractivity contribution < 1.29 is 9.53 Å². The largest absolute Gasteiger partial charge is 0.373 e. The van der Waals surface area contributed by atoms with Gasteiger partial charge in [-0.2, -0.15) is 0 Å². The van der Waals surface area contributed by atoms with E-state index in [2.05, 4.69) is 4.98 Å². The first-order chi connectivity index (χ1) is 8.77. The molecule has 0 aliphatic heterocycles. The van der Waals surface area contributed by atoms with Gasteiger partial charge in [-0.3, -0.25) is 9.78 Å². The van der Waals surface area contributed by atoms with Crippen molar-refractivity contribution in [2.75, 3.05) is 7.11 Å². The summed E-state index contributed by atoms with van der Waals surface area (Å²) >= 11 is 0. The van der Waals surface area contributed by atoms with Crippen molar-refractivity contribution in [2.24, 2.45) is 0 Å². The number of ketones is 1. The van der Waals surface area contributed by atoms with E-state index in [1.807, 2.05) is 31.2 Å². The lowest BCUT2D eigenvalue weighted by Crippen LogP contribution is -2.23. The second kappa shape index (κ2) is 5.74. The fraction of sp³-hybridized carbons (Fsp3) is 0.333. The van der Waals surface area contributed by atoms with Crippen LogP contribution in [0.3, 0.4) is 0 Å². The highest BCUT2D eigenvalue weighted by Gasteiger charge is 2.20. The molecule has 0 saturated carbocycles. The Balaban J connectivity index is 2.44. The maximum Gasteiger partial charge on any atom is 0.193 e. The molecule has 2 aromatic rings. The van der Waals surface area contributed by atoms with E-state index < -0.39 is 0 Å². The number of benzene rings is 1. The highest BCUT2D eigenvalue weighted by Crippen LogP contribution is 2.20. The first kappa shape index (κ1) is 12.7. The molecule has 18 heavy (non-hydrogen) atoms. The van der Waals surface area contributed by atoms with Gasteiger partial charge in [-0.05, 0) is 11.8 Å². The number of carbonyl (C=O) groups is 1. The molecule has 2 rings (SSSR count). The summed E-state index contributed by atoms with van der Waals surface area (Å²) in [6.45, 7) is 2.04. The van der Waals surface area contributed by atoms with Crippen LogP contribution in [0.2, 0.25) is 0 Å². The summed E-state index contributed by atoms with van der Waals surface area (Å²) < 4.78 is 5.28. The Bertz CT molecular complexity index is 546. The van der Waals surface area contributed by atoms with Gasteiger partial charge in [0, 0.05) is 30.5 Å². The minimum Gasteiger partial charge on any atom is -0.373 e. The second-order valence-corrected chi connectivity index (χ2v) is 4.29. The highest BCUT2D eigenvalue weighted by atomic mass is 16.5. The van der Waals surface area contributed by atoms with Crippen LogP contribution in [-0.2, 0) is 4.74 Å². The third-order valence-electron chi connectivity index (χ3n) is 3.06. The monoisotopic (exact) mass is 243 g/mol. The Morgan fingerprint density at radius 2 is 2.11 bits per heavy atom. The van der Waals surface area contributed by atoms with Crippen LogP contribution in [0.5, 0.6) is 0 Å². The molecule has 3 heteroatoms. The van der Waals surface area contributed by atoms with Crippen molar-refractivity contribution >= 4 is 16.6 Å². The quantitative estimate of drug-likeness (QED) is 0.757. The highest BCUT2D eigenvalue weighted by molar-refractivity contribution is 6.09. The van der Waals surface area contributed by atoms with Gasteiger partial charge in [-0.25, -0.2) is 0 Å². The topological polar surface area (TPSA) is 39.2 Å². The van der Waals surface area contributed by atoms with Crippen LogP contribution in [0.15, 0.2) is 36.7 Å². The lowest BCUT2D eigenvalue weighted by Gasteiger charge is -2.14. The van der Waals surface area contributed by atoms with Crippen molar-refractivity contribution in [3.8, 4) is 0 Å². The van der Waals surface area contributed by atoms with E-state index >= 15 is 0 Å². The van der Waals surface area contributed by atoms with Gasteiger partial charge in [0.2, 0.25) is 0 Å². The number of methoxy groups -OCH3 is 1. The normalized spacial score (nSPS) is 12.6. The van der Waals surface area contributed by atoms with Gasteiger partial charge in [0.15, 0.2) is 5.78 Å². The van der Waals surface area contributed by atoms with Gasteiger partial charge in [-0.1, -0.05) is 37.6 Å². The summed E-state index contributed by atoms with van der Waals surface area (Å²) in [5, 5.41) is 1.92. The van der Waals surface area contributed by atoms with Gasteiger partial charge >= 0.3 is 0 Å². The van der Waals surface area contributed by atoms with Gasteiger partial charge in [0.05, 0.1) is 0 Å². The van der Waals surface area contributed by atoms with Gasteiger partial charge in [-0.15, -0.1) is 0 Å². The molecule has 1 aromatic heterocycles. The van der Waals surface area contributed by atoms with E-state index in [1.165, 1.54) is 0 Å². The minimum absolute atomic E-state index is 0.0173. The summed E-state index contributed by atoms with van der Waals surface area (Å²) in [5.74, 6) is 0.0173. The molecule has 0 N–H and O–H groups in total. The fourth-order valence-electron chi connectivity index (χ4n) is 2.10. The lowest BCUT2D eigenvalue weighted by atomic mass is 9.99. The number of carbonyl (C=O) groups excluding carboxylic acids is 1. The Labute approximate surface area is 107 Å². The van der Waals surface area contributed by atoms with E-state index in [0.717, 1.165) is 23.6 Å². The number of fused-ring (bicyclic) bond motifs is 1. The molecule has 0 saturated heterocycles. The number of pyridine rings is 1. The Morgan fingerprint density at radius 3 is 2.83 bits per heavy atom. The zero-order valence-corrected chi connectivity index (χ0v) is 10.7. The third kappa shape index (κ3) is 2.41.